The summed E-state index contributed by atoms with van der Waals surface area (Å²) in [6.07, 6.45) is 3.86. The van der Waals surface area contributed by atoms with Gasteiger partial charge in [-0.05, 0) is 55.4 Å². The van der Waals surface area contributed by atoms with Crippen LogP contribution in [0.5, 0.6) is 0 Å². The molecular weight excluding hydrogens is 314 g/mol. The van der Waals surface area contributed by atoms with E-state index in [0.717, 1.165) is 24.8 Å². The molecule has 3 rings (SSSR count). The van der Waals surface area contributed by atoms with E-state index in [1.165, 1.54) is 5.56 Å². The third-order valence-electron chi connectivity index (χ3n) is 4.83. The Morgan fingerprint density at radius 2 is 1.87 bits per heavy atom. The molecule has 5 nitrogen and oxygen atoms in total. The van der Waals surface area contributed by atoms with Gasteiger partial charge in [0, 0.05) is 19.5 Å². The zero-order chi connectivity index (χ0) is 16.4. The Labute approximate surface area is 137 Å². The molecule has 0 saturated carbocycles. The molecule has 1 saturated heterocycles. The van der Waals surface area contributed by atoms with Crippen LogP contribution in [-0.4, -0.2) is 49.3 Å². The number of sulfone groups is 1. The number of hydrogen-bond acceptors (Lipinski definition) is 4. The Morgan fingerprint density at radius 3 is 2.61 bits per heavy atom. The number of piperidine rings is 1. The van der Waals surface area contributed by atoms with Gasteiger partial charge in [0.05, 0.1) is 16.8 Å². The van der Waals surface area contributed by atoms with Gasteiger partial charge in [0.15, 0.2) is 9.84 Å². The van der Waals surface area contributed by atoms with Crippen LogP contribution in [0.25, 0.3) is 0 Å². The molecule has 0 unspecified atom stereocenters. The van der Waals surface area contributed by atoms with E-state index in [1.807, 2.05) is 6.07 Å². The molecule has 1 aliphatic heterocycles. The van der Waals surface area contributed by atoms with Crippen LogP contribution in [0.15, 0.2) is 23.1 Å². The second-order valence-corrected chi connectivity index (χ2v) is 8.57. The van der Waals surface area contributed by atoms with Gasteiger partial charge < -0.3 is 10.0 Å². The van der Waals surface area contributed by atoms with E-state index in [1.54, 1.807) is 17.0 Å². The molecule has 0 aromatic heterocycles. The van der Waals surface area contributed by atoms with Crippen LogP contribution in [0.3, 0.4) is 0 Å². The monoisotopic (exact) mass is 337 g/mol. The predicted molar refractivity (Wildman–Crippen MR) is 87.0 cm³/mol. The number of hydrogen-bond donors (Lipinski definition) is 1. The van der Waals surface area contributed by atoms with Crippen molar-refractivity contribution in [1.82, 2.24) is 4.90 Å². The van der Waals surface area contributed by atoms with Gasteiger partial charge in [-0.25, -0.2) is 8.42 Å². The molecule has 1 aromatic carbocycles. The lowest BCUT2D eigenvalue weighted by atomic mass is 10.1. The van der Waals surface area contributed by atoms with Crippen molar-refractivity contribution in [3.8, 4) is 0 Å². The SMILES string of the molecule is O=C(CCS(=O)(=O)c1ccc2c(c1)CCC2)N1CCC(O)CC1. The lowest BCUT2D eigenvalue weighted by molar-refractivity contribution is -0.132. The maximum Gasteiger partial charge on any atom is 0.223 e. The largest absolute Gasteiger partial charge is 0.393 e. The van der Waals surface area contributed by atoms with E-state index in [0.29, 0.717) is 30.8 Å². The van der Waals surface area contributed by atoms with Crippen LogP contribution in [0.2, 0.25) is 0 Å². The fourth-order valence-corrected chi connectivity index (χ4v) is 4.63. The second-order valence-electron chi connectivity index (χ2n) is 6.46. The third-order valence-corrected chi connectivity index (χ3v) is 6.54. The molecule has 1 heterocycles. The highest BCUT2D eigenvalue weighted by atomic mass is 32.2. The van der Waals surface area contributed by atoms with Gasteiger partial charge in [0.25, 0.3) is 0 Å². The van der Waals surface area contributed by atoms with E-state index in [4.69, 9.17) is 0 Å². The number of amides is 1. The Balaban J connectivity index is 1.61. The number of aliphatic hydroxyl groups excluding tert-OH is 1. The minimum absolute atomic E-state index is 0.00944. The number of rotatable bonds is 4. The molecule has 1 fully saturated rings. The molecule has 0 radical (unpaired) electrons. The molecule has 0 atom stereocenters. The molecule has 23 heavy (non-hydrogen) atoms. The molecule has 1 aliphatic carbocycles. The summed E-state index contributed by atoms with van der Waals surface area (Å²) >= 11 is 0. The van der Waals surface area contributed by atoms with Crippen molar-refractivity contribution in [2.75, 3.05) is 18.8 Å². The Morgan fingerprint density at radius 1 is 1.17 bits per heavy atom. The number of carbonyl (C=O) groups is 1. The fraction of sp³-hybridized carbons (Fsp3) is 0.588. The van der Waals surface area contributed by atoms with Crippen LogP contribution < -0.4 is 0 Å². The van der Waals surface area contributed by atoms with Crippen LogP contribution in [0, 0.1) is 0 Å². The molecule has 1 amide bonds. The molecular formula is C17H23NO4S. The number of nitrogens with zero attached hydrogens (tertiary/aromatic N) is 1. The quantitative estimate of drug-likeness (QED) is 0.899. The van der Waals surface area contributed by atoms with Crippen molar-refractivity contribution in [1.29, 1.82) is 0 Å². The van der Waals surface area contributed by atoms with Gasteiger partial charge in [-0.2, -0.15) is 0 Å². The van der Waals surface area contributed by atoms with Gasteiger partial charge >= 0.3 is 0 Å². The lowest BCUT2D eigenvalue weighted by Gasteiger charge is -2.29. The van der Waals surface area contributed by atoms with Crippen molar-refractivity contribution in [2.24, 2.45) is 0 Å². The number of carbonyl (C=O) groups excluding carboxylic acids is 1. The highest BCUT2D eigenvalue weighted by molar-refractivity contribution is 7.91. The Bertz CT molecular complexity index is 691. The van der Waals surface area contributed by atoms with Crippen molar-refractivity contribution < 1.29 is 18.3 Å². The summed E-state index contributed by atoms with van der Waals surface area (Å²) in [7, 11) is -3.42. The minimum Gasteiger partial charge on any atom is -0.393 e. The number of aryl methyl sites for hydroxylation is 2. The number of benzene rings is 1. The van der Waals surface area contributed by atoms with E-state index >= 15 is 0 Å². The van der Waals surface area contributed by atoms with E-state index in [-0.39, 0.29) is 24.2 Å². The normalized spacial score (nSPS) is 18.9. The molecule has 1 aromatic rings. The van der Waals surface area contributed by atoms with Gasteiger partial charge in [-0.15, -0.1) is 0 Å². The van der Waals surface area contributed by atoms with E-state index < -0.39 is 9.84 Å². The third kappa shape index (κ3) is 3.75. The first-order valence-electron chi connectivity index (χ1n) is 8.26. The first kappa shape index (κ1) is 16.5. The fourth-order valence-electron chi connectivity index (χ4n) is 3.35. The highest BCUT2D eigenvalue weighted by Crippen LogP contribution is 2.25. The first-order valence-corrected chi connectivity index (χ1v) is 9.91. The summed E-state index contributed by atoms with van der Waals surface area (Å²) in [6.45, 7) is 1.03. The Kier molecular flexibility index (Phi) is 4.73. The maximum absolute atomic E-state index is 12.5. The molecule has 0 spiro atoms. The average Bonchev–Trinajstić information content (AvgIpc) is 3.01. The van der Waals surface area contributed by atoms with E-state index in [9.17, 15) is 18.3 Å². The smallest absolute Gasteiger partial charge is 0.223 e. The zero-order valence-electron chi connectivity index (χ0n) is 13.2. The topological polar surface area (TPSA) is 74.7 Å². The lowest BCUT2D eigenvalue weighted by Crippen LogP contribution is -2.40. The zero-order valence-corrected chi connectivity index (χ0v) is 14.0. The van der Waals surface area contributed by atoms with Crippen LogP contribution in [0.1, 0.15) is 36.8 Å². The van der Waals surface area contributed by atoms with Crippen molar-refractivity contribution in [3.63, 3.8) is 0 Å². The summed E-state index contributed by atoms with van der Waals surface area (Å²) in [5.41, 5.74) is 2.37. The average molecular weight is 337 g/mol. The minimum atomic E-state index is -3.42. The van der Waals surface area contributed by atoms with Crippen LogP contribution >= 0.6 is 0 Å². The van der Waals surface area contributed by atoms with Gasteiger partial charge in [-0.3, -0.25) is 4.79 Å². The van der Waals surface area contributed by atoms with Gasteiger partial charge in [0.2, 0.25) is 5.91 Å². The summed E-state index contributed by atoms with van der Waals surface area (Å²) in [4.78, 5) is 14.1. The van der Waals surface area contributed by atoms with Gasteiger partial charge in [-0.1, -0.05) is 6.07 Å². The Hall–Kier alpha value is -1.40. The summed E-state index contributed by atoms with van der Waals surface area (Å²) < 4.78 is 24.9. The van der Waals surface area contributed by atoms with Gasteiger partial charge in [0.1, 0.15) is 0 Å². The molecule has 6 heteroatoms. The molecule has 0 bridgehead atoms. The van der Waals surface area contributed by atoms with Crippen molar-refractivity contribution in [3.05, 3.63) is 29.3 Å². The molecule has 1 N–H and O–H groups in total. The van der Waals surface area contributed by atoms with Crippen molar-refractivity contribution >= 4 is 15.7 Å². The second kappa shape index (κ2) is 6.61. The van der Waals surface area contributed by atoms with Crippen molar-refractivity contribution in [2.45, 2.75) is 49.5 Å². The molecule has 2 aliphatic rings. The number of fused-ring (bicyclic) bond motifs is 1. The maximum atomic E-state index is 12.5. The first-order chi connectivity index (χ1) is 11.0. The summed E-state index contributed by atoms with van der Waals surface area (Å²) in [5, 5.41) is 9.46. The standard InChI is InChI=1S/C17H23NO4S/c19-15-6-9-18(10-7-15)17(20)8-11-23(21,22)16-5-4-13-2-1-3-14(13)12-16/h4-5,12,15,19H,1-3,6-11H2. The molecule has 126 valence electrons. The van der Waals surface area contributed by atoms with E-state index in [2.05, 4.69) is 0 Å². The number of aliphatic hydroxyl groups is 1. The summed E-state index contributed by atoms with van der Waals surface area (Å²) in [6, 6.07) is 5.35. The van der Waals surface area contributed by atoms with Crippen LogP contribution in [0.4, 0.5) is 0 Å². The number of likely N-dealkylation sites (tertiary alicyclic amines) is 1. The predicted octanol–water partition coefficient (Wildman–Crippen LogP) is 1.32. The summed E-state index contributed by atoms with van der Waals surface area (Å²) in [5.74, 6) is -0.287. The highest BCUT2D eigenvalue weighted by Gasteiger charge is 2.24. The van der Waals surface area contributed by atoms with Crippen LogP contribution in [-0.2, 0) is 27.5 Å².